The van der Waals surface area contributed by atoms with Crippen molar-refractivity contribution in [3.63, 3.8) is 0 Å². The summed E-state index contributed by atoms with van der Waals surface area (Å²) >= 11 is 0. The van der Waals surface area contributed by atoms with Gasteiger partial charge in [-0.05, 0) is 25.5 Å². The van der Waals surface area contributed by atoms with Crippen LogP contribution in [0.25, 0.3) is 0 Å². The van der Waals surface area contributed by atoms with Gasteiger partial charge < -0.3 is 9.47 Å². The maximum Gasteiger partial charge on any atom is 0.339 e. The van der Waals surface area contributed by atoms with Crippen molar-refractivity contribution in [2.75, 3.05) is 13.2 Å². The van der Waals surface area contributed by atoms with Crippen molar-refractivity contribution in [3.05, 3.63) is 35.4 Å². The molecule has 1 aromatic rings. The highest BCUT2D eigenvalue weighted by atomic mass is 32.2. The molecule has 200 valence electrons. The number of benzene rings is 1. The number of hydrogen-bond donors (Lipinski definition) is 1. The van der Waals surface area contributed by atoms with E-state index in [1.807, 2.05) is 0 Å². The Morgan fingerprint density at radius 3 is 1.57 bits per heavy atom. The van der Waals surface area contributed by atoms with E-state index in [2.05, 4.69) is 6.92 Å². The Hall–Kier alpha value is -1.93. The van der Waals surface area contributed by atoms with Gasteiger partial charge in [0, 0.05) is 6.42 Å². The van der Waals surface area contributed by atoms with E-state index in [1.54, 1.807) is 12.1 Å². The van der Waals surface area contributed by atoms with Crippen molar-refractivity contribution in [1.82, 2.24) is 0 Å². The molecule has 1 unspecified atom stereocenters. The second-order valence-electron chi connectivity index (χ2n) is 9.17. The first-order valence-corrected chi connectivity index (χ1v) is 14.7. The number of ether oxygens (including phenoxy) is 2. The zero-order chi connectivity index (χ0) is 25.9. The summed E-state index contributed by atoms with van der Waals surface area (Å²) in [5.74, 6) is -1.32. The number of carbonyl (C=O) groups is 2. The van der Waals surface area contributed by atoms with Crippen LogP contribution in [0.15, 0.2) is 24.3 Å². The van der Waals surface area contributed by atoms with E-state index < -0.39 is 27.3 Å². The lowest BCUT2D eigenvalue weighted by Crippen LogP contribution is -2.20. The SMILES string of the molecule is CCCCCCCCCCCCCCCOC(=O)c1ccccc1C(=O)OCCC(C)S(=O)(=O)O. The van der Waals surface area contributed by atoms with E-state index in [-0.39, 0.29) is 24.2 Å². The summed E-state index contributed by atoms with van der Waals surface area (Å²) in [6, 6.07) is 6.22. The van der Waals surface area contributed by atoms with Crippen LogP contribution in [0, 0.1) is 0 Å². The minimum absolute atomic E-state index is 0.0454. The van der Waals surface area contributed by atoms with E-state index in [0.717, 1.165) is 19.3 Å². The fourth-order valence-corrected chi connectivity index (χ4v) is 4.14. The smallest absolute Gasteiger partial charge is 0.339 e. The average Bonchev–Trinajstić information content (AvgIpc) is 2.83. The first-order valence-electron chi connectivity index (χ1n) is 13.2. The highest BCUT2D eigenvalue weighted by Gasteiger charge is 2.21. The molecule has 0 fully saturated rings. The van der Waals surface area contributed by atoms with Crippen molar-refractivity contribution in [3.8, 4) is 0 Å². The molecule has 0 bridgehead atoms. The maximum atomic E-state index is 12.5. The number of esters is 2. The van der Waals surface area contributed by atoms with Gasteiger partial charge in [-0.3, -0.25) is 4.55 Å². The lowest BCUT2D eigenvalue weighted by Gasteiger charge is -2.11. The third kappa shape index (κ3) is 14.3. The highest BCUT2D eigenvalue weighted by molar-refractivity contribution is 7.86. The zero-order valence-corrected chi connectivity index (χ0v) is 22.3. The lowest BCUT2D eigenvalue weighted by atomic mass is 10.0. The molecule has 8 heteroatoms. The van der Waals surface area contributed by atoms with Gasteiger partial charge in [-0.25, -0.2) is 9.59 Å². The Morgan fingerprint density at radius 2 is 1.14 bits per heavy atom. The standard InChI is InChI=1S/C27H44O7S/c1-3-4-5-6-7-8-9-10-11-12-13-14-17-21-33-26(28)24-18-15-16-19-25(24)27(29)34-22-20-23(2)35(30,31)32/h15-16,18-19,23H,3-14,17,20-22H2,1-2H3,(H,30,31,32). The average molecular weight is 513 g/mol. The fourth-order valence-electron chi connectivity index (χ4n) is 3.75. The van der Waals surface area contributed by atoms with Crippen LogP contribution in [0.1, 0.15) is 124 Å². The lowest BCUT2D eigenvalue weighted by molar-refractivity contribution is 0.0451. The molecule has 1 atom stereocenters. The molecule has 0 heterocycles. The Morgan fingerprint density at radius 1 is 0.743 bits per heavy atom. The molecule has 0 aliphatic carbocycles. The third-order valence-corrected chi connectivity index (χ3v) is 7.37. The summed E-state index contributed by atoms with van der Waals surface area (Å²) in [6.45, 7) is 3.67. The molecular weight excluding hydrogens is 468 g/mol. The van der Waals surface area contributed by atoms with Crippen molar-refractivity contribution >= 4 is 22.1 Å². The molecule has 1 rings (SSSR count). The highest BCUT2D eigenvalue weighted by Crippen LogP contribution is 2.15. The van der Waals surface area contributed by atoms with Gasteiger partial charge in [0.1, 0.15) is 0 Å². The molecule has 0 aliphatic rings. The summed E-state index contributed by atoms with van der Waals surface area (Å²) in [7, 11) is -4.18. The van der Waals surface area contributed by atoms with Gasteiger partial charge in [-0.2, -0.15) is 8.42 Å². The molecule has 0 radical (unpaired) electrons. The molecule has 1 N–H and O–H groups in total. The summed E-state index contributed by atoms with van der Waals surface area (Å²) < 4.78 is 41.5. The van der Waals surface area contributed by atoms with E-state index in [4.69, 9.17) is 14.0 Å². The van der Waals surface area contributed by atoms with Gasteiger partial charge in [-0.1, -0.05) is 96.1 Å². The summed E-state index contributed by atoms with van der Waals surface area (Å²) in [5, 5.41) is -1.05. The van der Waals surface area contributed by atoms with E-state index in [1.165, 1.54) is 83.3 Å². The van der Waals surface area contributed by atoms with Gasteiger partial charge in [-0.15, -0.1) is 0 Å². The first-order chi connectivity index (χ1) is 16.8. The topological polar surface area (TPSA) is 107 Å². The van der Waals surface area contributed by atoms with Crippen LogP contribution in [0.3, 0.4) is 0 Å². The molecule has 1 aromatic carbocycles. The predicted molar refractivity (Wildman–Crippen MR) is 138 cm³/mol. The number of carbonyl (C=O) groups excluding carboxylic acids is 2. The first kappa shape index (κ1) is 31.1. The van der Waals surface area contributed by atoms with Crippen LogP contribution in [0.5, 0.6) is 0 Å². The van der Waals surface area contributed by atoms with Crippen LogP contribution < -0.4 is 0 Å². The minimum atomic E-state index is -4.18. The van der Waals surface area contributed by atoms with Crippen LogP contribution in [-0.2, 0) is 19.6 Å². The quantitative estimate of drug-likeness (QED) is 0.117. The normalized spacial score (nSPS) is 12.3. The zero-order valence-electron chi connectivity index (χ0n) is 21.5. The van der Waals surface area contributed by atoms with Crippen molar-refractivity contribution < 1.29 is 32.0 Å². The molecule has 7 nitrogen and oxygen atoms in total. The van der Waals surface area contributed by atoms with E-state index in [9.17, 15) is 18.0 Å². The van der Waals surface area contributed by atoms with Crippen LogP contribution in [0.2, 0.25) is 0 Å². The molecular formula is C27H44O7S. The molecule has 0 spiro atoms. The second-order valence-corrected chi connectivity index (χ2v) is 11.0. The van der Waals surface area contributed by atoms with Crippen molar-refractivity contribution in [2.45, 2.75) is 109 Å². The summed E-state index contributed by atoms with van der Waals surface area (Å²) in [4.78, 5) is 24.8. The Balaban J connectivity index is 2.21. The number of unbranched alkanes of at least 4 members (excludes halogenated alkanes) is 12. The molecule has 0 saturated heterocycles. The van der Waals surface area contributed by atoms with Gasteiger partial charge >= 0.3 is 11.9 Å². The second kappa shape index (κ2) is 18.4. The fraction of sp³-hybridized carbons (Fsp3) is 0.704. The minimum Gasteiger partial charge on any atom is -0.462 e. The summed E-state index contributed by atoms with van der Waals surface area (Å²) in [6.07, 6.45) is 16.0. The van der Waals surface area contributed by atoms with Crippen LogP contribution in [0.4, 0.5) is 0 Å². The van der Waals surface area contributed by atoms with E-state index >= 15 is 0 Å². The van der Waals surface area contributed by atoms with Crippen LogP contribution in [-0.4, -0.2) is 43.4 Å². The third-order valence-electron chi connectivity index (χ3n) is 6.11. The molecule has 0 saturated carbocycles. The Labute approximate surface area is 211 Å². The van der Waals surface area contributed by atoms with Crippen LogP contribution >= 0.6 is 0 Å². The van der Waals surface area contributed by atoms with Gasteiger partial charge in [0.2, 0.25) is 0 Å². The van der Waals surface area contributed by atoms with Gasteiger partial charge in [0.15, 0.2) is 0 Å². The van der Waals surface area contributed by atoms with Gasteiger partial charge in [0.05, 0.1) is 29.6 Å². The van der Waals surface area contributed by atoms with Crippen molar-refractivity contribution in [1.29, 1.82) is 0 Å². The monoisotopic (exact) mass is 512 g/mol. The maximum absolute atomic E-state index is 12.5. The molecule has 0 aromatic heterocycles. The van der Waals surface area contributed by atoms with E-state index in [0.29, 0.717) is 6.61 Å². The predicted octanol–water partition coefficient (Wildman–Crippen LogP) is 6.76. The largest absolute Gasteiger partial charge is 0.462 e. The molecule has 35 heavy (non-hydrogen) atoms. The number of hydrogen-bond acceptors (Lipinski definition) is 6. The number of rotatable bonds is 20. The Bertz CT molecular complexity index is 836. The van der Waals surface area contributed by atoms with Gasteiger partial charge in [0.25, 0.3) is 10.1 Å². The Kier molecular flexibility index (Phi) is 16.3. The van der Waals surface area contributed by atoms with Crippen molar-refractivity contribution in [2.24, 2.45) is 0 Å². The molecule has 0 amide bonds. The summed E-state index contributed by atoms with van der Waals surface area (Å²) in [5.41, 5.74) is 0.192. The molecule has 0 aliphatic heterocycles.